The minimum Gasteiger partial charge on any atom is -0.396 e. The Bertz CT molecular complexity index is 123. The number of aliphatic hydroxyl groups is 1. The Morgan fingerprint density at radius 3 is 1.87 bits per heavy atom. The standard InChI is InChI=1S/C14H30O/c1-4-5-9-13(2)10-7-6-8-11-14(3)12-15/h13-15H,4-12H2,1-3H3. The second-order valence-corrected chi connectivity index (χ2v) is 5.17. The van der Waals surface area contributed by atoms with Crippen molar-refractivity contribution in [3.63, 3.8) is 0 Å². The molecule has 0 aliphatic carbocycles. The Morgan fingerprint density at radius 2 is 1.33 bits per heavy atom. The number of aliphatic hydroxyl groups excluding tert-OH is 1. The van der Waals surface area contributed by atoms with Gasteiger partial charge in [-0.15, -0.1) is 0 Å². The van der Waals surface area contributed by atoms with Gasteiger partial charge >= 0.3 is 0 Å². The second kappa shape index (κ2) is 10.5. The van der Waals surface area contributed by atoms with Crippen molar-refractivity contribution >= 4 is 0 Å². The van der Waals surface area contributed by atoms with E-state index >= 15 is 0 Å². The van der Waals surface area contributed by atoms with Crippen LogP contribution in [0.3, 0.4) is 0 Å². The van der Waals surface area contributed by atoms with Gasteiger partial charge in [-0.05, 0) is 18.3 Å². The molecule has 0 rings (SSSR count). The zero-order valence-electron chi connectivity index (χ0n) is 11.0. The van der Waals surface area contributed by atoms with Gasteiger partial charge in [0.05, 0.1) is 0 Å². The normalized spacial score (nSPS) is 15.2. The van der Waals surface area contributed by atoms with Gasteiger partial charge in [0, 0.05) is 6.61 Å². The quantitative estimate of drug-likeness (QED) is 0.535. The van der Waals surface area contributed by atoms with Crippen molar-refractivity contribution < 1.29 is 5.11 Å². The zero-order chi connectivity index (χ0) is 11.5. The van der Waals surface area contributed by atoms with E-state index in [2.05, 4.69) is 20.8 Å². The average Bonchev–Trinajstić information content (AvgIpc) is 2.25. The molecule has 0 saturated carbocycles. The Morgan fingerprint density at radius 1 is 0.800 bits per heavy atom. The lowest BCUT2D eigenvalue weighted by Gasteiger charge is -2.11. The molecule has 0 aliphatic heterocycles. The van der Waals surface area contributed by atoms with Gasteiger partial charge in [0.25, 0.3) is 0 Å². The fourth-order valence-electron chi connectivity index (χ4n) is 1.95. The molecular weight excluding hydrogens is 184 g/mol. The summed E-state index contributed by atoms with van der Waals surface area (Å²) in [5.41, 5.74) is 0. The summed E-state index contributed by atoms with van der Waals surface area (Å²) in [4.78, 5) is 0. The lowest BCUT2D eigenvalue weighted by atomic mass is 9.96. The first-order chi connectivity index (χ1) is 7.20. The molecule has 0 aromatic heterocycles. The van der Waals surface area contributed by atoms with E-state index in [4.69, 9.17) is 5.11 Å². The van der Waals surface area contributed by atoms with Crippen LogP contribution in [0.25, 0.3) is 0 Å². The highest BCUT2D eigenvalue weighted by molar-refractivity contribution is 4.55. The smallest absolute Gasteiger partial charge is 0.0456 e. The summed E-state index contributed by atoms with van der Waals surface area (Å²) >= 11 is 0. The van der Waals surface area contributed by atoms with Crippen LogP contribution in [0.5, 0.6) is 0 Å². The van der Waals surface area contributed by atoms with E-state index in [0.29, 0.717) is 12.5 Å². The molecule has 1 heteroatoms. The fraction of sp³-hybridized carbons (Fsp3) is 1.00. The van der Waals surface area contributed by atoms with E-state index in [1.165, 1.54) is 51.4 Å². The van der Waals surface area contributed by atoms with E-state index in [1.54, 1.807) is 0 Å². The first-order valence-corrected chi connectivity index (χ1v) is 6.81. The molecule has 92 valence electrons. The van der Waals surface area contributed by atoms with Crippen LogP contribution in [0.2, 0.25) is 0 Å². The van der Waals surface area contributed by atoms with E-state index in [-0.39, 0.29) is 0 Å². The van der Waals surface area contributed by atoms with Crippen LogP contribution in [-0.2, 0) is 0 Å². The molecule has 1 nitrogen and oxygen atoms in total. The van der Waals surface area contributed by atoms with Gasteiger partial charge in [0.1, 0.15) is 0 Å². The molecule has 1 N–H and O–H groups in total. The molecule has 0 fully saturated rings. The molecular formula is C14H30O. The van der Waals surface area contributed by atoms with Gasteiger partial charge < -0.3 is 5.11 Å². The summed E-state index contributed by atoms with van der Waals surface area (Å²) < 4.78 is 0. The topological polar surface area (TPSA) is 20.2 Å². The molecule has 0 spiro atoms. The summed E-state index contributed by atoms with van der Waals surface area (Å²) in [5, 5.41) is 8.88. The Balaban J connectivity index is 3.16. The molecule has 0 aromatic carbocycles. The Kier molecular flexibility index (Phi) is 10.4. The van der Waals surface area contributed by atoms with Crippen LogP contribution in [0.4, 0.5) is 0 Å². The highest BCUT2D eigenvalue weighted by atomic mass is 16.3. The molecule has 0 bridgehead atoms. The SMILES string of the molecule is CCCCC(C)CCCCCC(C)CO. The predicted octanol–water partition coefficient (Wildman–Crippen LogP) is 4.39. The van der Waals surface area contributed by atoms with Gasteiger partial charge in [-0.3, -0.25) is 0 Å². The van der Waals surface area contributed by atoms with Gasteiger partial charge in [-0.25, -0.2) is 0 Å². The molecule has 2 atom stereocenters. The van der Waals surface area contributed by atoms with Crippen LogP contribution < -0.4 is 0 Å². The molecule has 0 radical (unpaired) electrons. The first-order valence-electron chi connectivity index (χ1n) is 6.81. The van der Waals surface area contributed by atoms with Crippen molar-refractivity contribution in [3.05, 3.63) is 0 Å². The van der Waals surface area contributed by atoms with Crippen LogP contribution in [0.15, 0.2) is 0 Å². The fourth-order valence-corrected chi connectivity index (χ4v) is 1.95. The van der Waals surface area contributed by atoms with E-state index in [0.717, 1.165) is 5.92 Å². The zero-order valence-corrected chi connectivity index (χ0v) is 11.0. The molecule has 0 aliphatic rings. The lowest BCUT2D eigenvalue weighted by Crippen LogP contribution is -2.00. The molecule has 0 saturated heterocycles. The third-order valence-corrected chi connectivity index (χ3v) is 3.26. The number of rotatable bonds is 10. The molecule has 0 heterocycles. The number of unbranched alkanes of at least 4 members (excludes halogenated alkanes) is 3. The van der Waals surface area contributed by atoms with Crippen LogP contribution in [0, 0.1) is 11.8 Å². The highest BCUT2D eigenvalue weighted by Gasteiger charge is 2.02. The van der Waals surface area contributed by atoms with Crippen LogP contribution in [-0.4, -0.2) is 11.7 Å². The largest absolute Gasteiger partial charge is 0.396 e. The van der Waals surface area contributed by atoms with Crippen molar-refractivity contribution in [3.8, 4) is 0 Å². The van der Waals surface area contributed by atoms with Crippen LogP contribution in [0.1, 0.15) is 72.1 Å². The minimum absolute atomic E-state index is 0.354. The van der Waals surface area contributed by atoms with Gasteiger partial charge in [-0.2, -0.15) is 0 Å². The predicted molar refractivity (Wildman–Crippen MR) is 68.0 cm³/mol. The van der Waals surface area contributed by atoms with Crippen molar-refractivity contribution in [1.29, 1.82) is 0 Å². The van der Waals surface area contributed by atoms with Gasteiger partial charge in [0.2, 0.25) is 0 Å². The van der Waals surface area contributed by atoms with Gasteiger partial charge in [-0.1, -0.05) is 65.7 Å². The summed E-state index contributed by atoms with van der Waals surface area (Å²) in [7, 11) is 0. The number of hydrogen-bond acceptors (Lipinski definition) is 1. The summed E-state index contributed by atoms with van der Waals surface area (Å²) in [6.07, 6.45) is 10.7. The maximum absolute atomic E-state index is 8.88. The van der Waals surface area contributed by atoms with Crippen LogP contribution >= 0.6 is 0 Å². The highest BCUT2D eigenvalue weighted by Crippen LogP contribution is 2.17. The van der Waals surface area contributed by atoms with Gasteiger partial charge in [0.15, 0.2) is 0 Å². The molecule has 0 aromatic rings. The van der Waals surface area contributed by atoms with Crippen molar-refractivity contribution in [2.75, 3.05) is 6.61 Å². The molecule has 0 amide bonds. The third kappa shape index (κ3) is 10.2. The second-order valence-electron chi connectivity index (χ2n) is 5.17. The average molecular weight is 214 g/mol. The van der Waals surface area contributed by atoms with Crippen molar-refractivity contribution in [2.45, 2.75) is 72.1 Å². The monoisotopic (exact) mass is 214 g/mol. The summed E-state index contributed by atoms with van der Waals surface area (Å²) in [6.45, 7) is 7.13. The maximum Gasteiger partial charge on any atom is 0.0456 e. The summed E-state index contributed by atoms with van der Waals surface area (Å²) in [6, 6.07) is 0. The molecule has 2 unspecified atom stereocenters. The summed E-state index contributed by atoms with van der Waals surface area (Å²) in [5.74, 6) is 1.42. The molecule has 15 heavy (non-hydrogen) atoms. The first kappa shape index (κ1) is 15.0. The van der Waals surface area contributed by atoms with Crippen molar-refractivity contribution in [1.82, 2.24) is 0 Å². The van der Waals surface area contributed by atoms with Crippen molar-refractivity contribution in [2.24, 2.45) is 11.8 Å². The third-order valence-electron chi connectivity index (χ3n) is 3.26. The van der Waals surface area contributed by atoms with E-state index < -0.39 is 0 Å². The van der Waals surface area contributed by atoms with E-state index in [9.17, 15) is 0 Å². The number of hydrogen-bond donors (Lipinski definition) is 1. The van der Waals surface area contributed by atoms with E-state index in [1.807, 2.05) is 0 Å². The lowest BCUT2D eigenvalue weighted by molar-refractivity contribution is 0.227. The minimum atomic E-state index is 0.354. The Labute approximate surface area is 96.3 Å². The maximum atomic E-state index is 8.88. The Hall–Kier alpha value is -0.0400.